The molecular weight excluding hydrogens is 285 g/mol. The molecule has 0 saturated carbocycles. The van der Waals surface area contributed by atoms with Gasteiger partial charge in [-0.05, 0) is 23.8 Å². The number of methoxy groups -OCH3 is 1. The summed E-state index contributed by atoms with van der Waals surface area (Å²) in [5.74, 6) is -0.724. The number of hydrogen-bond donors (Lipinski definition) is 1. The summed E-state index contributed by atoms with van der Waals surface area (Å²) >= 11 is 0. The molecule has 0 bridgehead atoms. The maximum atomic E-state index is 13.7. The van der Waals surface area contributed by atoms with E-state index in [-0.39, 0.29) is 19.0 Å². The highest BCUT2D eigenvalue weighted by molar-refractivity contribution is 5.89. The fourth-order valence-corrected chi connectivity index (χ4v) is 2.07. The van der Waals surface area contributed by atoms with Crippen LogP contribution in [0.5, 0.6) is 0 Å². The Bertz CT molecular complexity index is 628. The summed E-state index contributed by atoms with van der Waals surface area (Å²) in [7, 11) is 1.33. The van der Waals surface area contributed by atoms with E-state index in [1.54, 1.807) is 42.5 Å². The summed E-state index contributed by atoms with van der Waals surface area (Å²) in [6, 6.07) is 13.3. The average molecular weight is 303 g/mol. The van der Waals surface area contributed by atoms with Crippen LogP contribution >= 0.6 is 0 Å². The highest BCUT2D eigenvalue weighted by Gasteiger charge is 2.14. The number of esters is 1. The predicted octanol–water partition coefficient (Wildman–Crippen LogP) is 2.83. The zero-order valence-electron chi connectivity index (χ0n) is 12.3. The van der Waals surface area contributed by atoms with Crippen LogP contribution in [0.25, 0.3) is 0 Å². The summed E-state index contributed by atoms with van der Waals surface area (Å²) in [5.41, 5.74) is 7.44. The molecule has 2 N–H and O–H groups in total. The van der Waals surface area contributed by atoms with Gasteiger partial charge < -0.3 is 15.2 Å². The summed E-state index contributed by atoms with van der Waals surface area (Å²) < 4.78 is 24.1. The second-order valence-corrected chi connectivity index (χ2v) is 4.75. The molecule has 5 heteroatoms. The number of carbonyl (C=O) groups is 1. The fraction of sp³-hybridized carbons (Fsp3) is 0.235. The van der Waals surface area contributed by atoms with Crippen LogP contribution in [0.1, 0.15) is 27.6 Å². The molecule has 0 fully saturated rings. The van der Waals surface area contributed by atoms with E-state index in [4.69, 9.17) is 10.5 Å². The van der Waals surface area contributed by atoms with Gasteiger partial charge in [-0.15, -0.1) is 0 Å². The van der Waals surface area contributed by atoms with Gasteiger partial charge >= 0.3 is 5.97 Å². The number of nitrogens with two attached hydrogens (primary N) is 1. The molecule has 0 amide bonds. The van der Waals surface area contributed by atoms with Crippen LogP contribution in [0, 0.1) is 5.82 Å². The van der Waals surface area contributed by atoms with Crippen molar-refractivity contribution in [2.75, 3.05) is 13.7 Å². The molecule has 0 saturated heterocycles. The second-order valence-electron chi connectivity index (χ2n) is 4.75. The molecule has 0 aliphatic heterocycles. The van der Waals surface area contributed by atoms with E-state index in [0.29, 0.717) is 11.1 Å². The lowest BCUT2D eigenvalue weighted by Gasteiger charge is -2.17. The van der Waals surface area contributed by atoms with Crippen molar-refractivity contribution in [1.82, 2.24) is 0 Å². The van der Waals surface area contributed by atoms with E-state index in [2.05, 4.69) is 4.74 Å². The minimum absolute atomic E-state index is 0.182. The molecule has 0 aromatic heterocycles. The second kappa shape index (κ2) is 7.68. The third-order valence-electron chi connectivity index (χ3n) is 3.29. The third kappa shape index (κ3) is 3.90. The van der Waals surface area contributed by atoms with Crippen molar-refractivity contribution in [2.24, 2.45) is 5.73 Å². The lowest BCUT2D eigenvalue weighted by molar-refractivity contribution is 0.0432. The maximum absolute atomic E-state index is 13.7. The van der Waals surface area contributed by atoms with Crippen LogP contribution in [0.3, 0.4) is 0 Å². The summed E-state index contributed by atoms with van der Waals surface area (Å²) in [6.07, 6.45) is -0.513. The number of rotatable bonds is 6. The van der Waals surface area contributed by atoms with Crippen molar-refractivity contribution in [1.29, 1.82) is 0 Å². The Morgan fingerprint density at radius 2 is 1.86 bits per heavy atom. The first-order valence-corrected chi connectivity index (χ1v) is 6.89. The van der Waals surface area contributed by atoms with Crippen LogP contribution < -0.4 is 5.73 Å². The molecule has 0 spiro atoms. The van der Waals surface area contributed by atoms with Gasteiger partial charge in [0.1, 0.15) is 5.82 Å². The van der Waals surface area contributed by atoms with E-state index in [9.17, 15) is 9.18 Å². The fourth-order valence-electron chi connectivity index (χ4n) is 2.07. The van der Waals surface area contributed by atoms with Crippen LogP contribution in [0.2, 0.25) is 0 Å². The number of halogens is 1. The minimum Gasteiger partial charge on any atom is -0.465 e. The monoisotopic (exact) mass is 303 g/mol. The number of ether oxygens (including phenoxy) is 2. The Hall–Kier alpha value is -2.24. The Morgan fingerprint density at radius 1 is 1.18 bits per heavy atom. The lowest BCUT2D eigenvalue weighted by atomic mass is 10.1. The third-order valence-corrected chi connectivity index (χ3v) is 3.29. The Kier molecular flexibility index (Phi) is 5.63. The Labute approximate surface area is 128 Å². The van der Waals surface area contributed by atoms with Crippen LogP contribution in [0.4, 0.5) is 4.39 Å². The van der Waals surface area contributed by atoms with Gasteiger partial charge in [0.25, 0.3) is 0 Å². The van der Waals surface area contributed by atoms with Gasteiger partial charge in [0.05, 0.1) is 25.4 Å². The molecule has 0 radical (unpaired) electrons. The van der Waals surface area contributed by atoms with Gasteiger partial charge in [-0.2, -0.15) is 0 Å². The van der Waals surface area contributed by atoms with Crippen LogP contribution in [-0.4, -0.2) is 19.6 Å². The Balaban J connectivity index is 2.02. The minimum atomic E-state index is -0.513. The Morgan fingerprint density at radius 3 is 2.45 bits per heavy atom. The molecule has 4 nitrogen and oxygen atoms in total. The highest BCUT2D eigenvalue weighted by atomic mass is 19.1. The van der Waals surface area contributed by atoms with Gasteiger partial charge in [-0.25, -0.2) is 9.18 Å². The topological polar surface area (TPSA) is 61.5 Å². The van der Waals surface area contributed by atoms with E-state index in [1.165, 1.54) is 13.2 Å². The zero-order chi connectivity index (χ0) is 15.9. The van der Waals surface area contributed by atoms with E-state index >= 15 is 0 Å². The maximum Gasteiger partial charge on any atom is 0.337 e. The number of benzene rings is 2. The summed E-state index contributed by atoms with van der Waals surface area (Å²) in [6.45, 7) is 0.457. The van der Waals surface area contributed by atoms with Crippen LogP contribution in [-0.2, 0) is 16.1 Å². The average Bonchev–Trinajstić information content (AvgIpc) is 2.56. The van der Waals surface area contributed by atoms with E-state index in [1.807, 2.05) is 0 Å². The van der Waals surface area contributed by atoms with Gasteiger partial charge in [0.2, 0.25) is 0 Å². The van der Waals surface area contributed by atoms with Crippen molar-refractivity contribution in [3.8, 4) is 0 Å². The molecule has 0 aliphatic carbocycles. The standard InChI is InChI=1S/C17H18FNO3/c1-21-17(20)13-8-6-12(7-9-13)11-22-16(10-19)14-4-2-3-5-15(14)18/h2-9,16H,10-11,19H2,1H3. The van der Waals surface area contributed by atoms with Gasteiger partial charge in [-0.1, -0.05) is 30.3 Å². The molecule has 1 atom stereocenters. The zero-order valence-corrected chi connectivity index (χ0v) is 12.3. The molecular formula is C17H18FNO3. The van der Waals surface area contributed by atoms with Crippen molar-refractivity contribution in [3.05, 3.63) is 71.0 Å². The summed E-state index contributed by atoms with van der Waals surface area (Å²) in [5, 5.41) is 0. The SMILES string of the molecule is COC(=O)c1ccc(COC(CN)c2ccccc2F)cc1. The first-order valence-electron chi connectivity index (χ1n) is 6.89. The molecule has 2 rings (SSSR count). The molecule has 2 aromatic carbocycles. The molecule has 116 valence electrons. The normalized spacial score (nSPS) is 12.0. The van der Waals surface area contributed by atoms with Gasteiger partial charge in [0, 0.05) is 12.1 Å². The predicted molar refractivity (Wildman–Crippen MR) is 80.8 cm³/mol. The van der Waals surface area contributed by atoms with Crippen molar-refractivity contribution in [3.63, 3.8) is 0 Å². The lowest BCUT2D eigenvalue weighted by Crippen LogP contribution is -2.17. The smallest absolute Gasteiger partial charge is 0.337 e. The molecule has 0 heterocycles. The summed E-state index contributed by atoms with van der Waals surface area (Å²) in [4.78, 5) is 11.3. The molecule has 1 unspecified atom stereocenters. The largest absolute Gasteiger partial charge is 0.465 e. The highest BCUT2D eigenvalue weighted by Crippen LogP contribution is 2.21. The van der Waals surface area contributed by atoms with E-state index < -0.39 is 12.1 Å². The van der Waals surface area contributed by atoms with E-state index in [0.717, 1.165) is 5.56 Å². The van der Waals surface area contributed by atoms with Crippen molar-refractivity contribution in [2.45, 2.75) is 12.7 Å². The first-order chi connectivity index (χ1) is 10.7. The first kappa shape index (κ1) is 16.1. The molecule has 22 heavy (non-hydrogen) atoms. The van der Waals surface area contributed by atoms with Gasteiger partial charge in [-0.3, -0.25) is 0 Å². The van der Waals surface area contributed by atoms with Crippen molar-refractivity contribution >= 4 is 5.97 Å². The van der Waals surface area contributed by atoms with Crippen LogP contribution in [0.15, 0.2) is 48.5 Å². The quantitative estimate of drug-likeness (QED) is 0.834. The number of hydrogen-bond acceptors (Lipinski definition) is 4. The number of carbonyl (C=O) groups excluding carboxylic acids is 1. The molecule has 2 aromatic rings. The molecule has 0 aliphatic rings. The van der Waals surface area contributed by atoms with Gasteiger partial charge in [0.15, 0.2) is 0 Å². The van der Waals surface area contributed by atoms with Crippen molar-refractivity contribution < 1.29 is 18.7 Å².